The fourth-order valence-electron chi connectivity index (χ4n) is 3.79. The highest BCUT2D eigenvalue weighted by atomic mass is 35.5. The van der Waals surface area contributed by atoms with E-state index < -0.39 is 0 Å². The van der Waals surface area contributed by atoms with Gasteiger partial charge >= 0.3 is 0 Å². The summed E-state index contributed by atoms with van der Waals surface area (Å²) < 4.78 is 7.33. The fourth-order valence-corrected chi connectivity index (χ4v) is 4.37. The van der Waals surface area contributed by atoms with Crippen molar-refractivity contribution in [2.45, 2.75) is 13.3 Å². The van der Waals surface area contributed by atoms with Crippen LogP contribution in [-0.4, -0.2) is 46.7 Å². The van der Waals surface area contributed by atoms with Crippen LogP contribution in [0.4, 0.5) is 0 Å². The second-order valence-corrected chi connectivity index (χ2v) is 8.15. The Bertz CT molecular complexity index is 1190. The van der Waals surface area contributed by atoms with Crippen molar-refractivity contribution in [2.75, 3.05) is 26.3 Å². The molecule has 0 aliphatic carbocycles. The van der Waals surface area contributed by atoms with Crippen LogP contribution >= 0.6 is 23.2 Å². The van der Waals surface area contributed by atoms with Gasteiger partial charge in [0.25, 0.3) is 5.91 Å². The smallest absolute Gasteiger partial charge is 0.255 e. The second-order valence-electron chi connectivity index (χ2n) is 7.37. The molecule has 3 aromatic rings. The van der Waals surface area contributed by atoms with E-state index in [2.05, 4.69) is 17.0 Å². The van der Waals surface area contributed by atoms with Crippen LogP contribution in [0.25, 0.3) is 11.0 Å². The van der Waals surface area contributed by atoms with Crippen molar-refractivity contribution < 1.29 is 9.53 Å². The highest BCUT2D eigenvalue weighted by molar-refractivity contribution is 6.38. The maximum Gasteiger partial charge on any atom is 0.255 e. The van der Waals surface area contributed by atoms with E-state index in [9.17, 15) is 4.79 Å². The lowest BCUT2D eigenvalue weighted by molar-refractivity contribution is 0.0303. The summed E-state index contributed by atoms with van der Waals surface area (Å²) in [5, 5.41) is 1.94. The van der Waals surface area contributed by atoms with E-state index in [0.717, 1.165) is 27.9 Å². The lowest BCUT2D eigenvalue weighted by Crippen LogP contribution is -2.40. The standard InChI is InChI=1S/C23H21Cl2N3O2/c1-4-15-11-14(2)18-12-16(27(3)22(18)26-15)13-19-20(24)6-5-17(21(19)25)23(29)28-7-9-30-10-8-28/h1,5-6,11-12H,7-10,13H2,2-3H3. The number of terminal acetylenes is 1. The zero-order valence-electron chi connectivity index (χ0n) is 16.8. The zero-order valence-corrected chi connectivity index (χ0v) is 18.3. The number of amides is 1. The molecule has 0 spiro atoms. The Labute approximate surface area is 185 Å². The molecule has 0 radical (unpaired) electrons. The SMILES string of the molecule is C#Cc1cc(C)c2cc(Cc3c(Cl)ccc(C(=O)N4CCOCC4)c3Cl)n(C)c2n1. The molecule has 1 fully saturated rings. The van der Waals surface area contributed by atoms with Crippen LogP contribution < -0.4 is 0 Å². The summed E-state index contributed by atoms with van der Waals surface area (Å²) in [5.41, 5.74) is 4.63. The molecule has 2 aromatic heterocycles. The normalized spacial score (nSPS) is 14.2. The summed E-state index contributed by atoms with van der Waals surface area (Å²) in [5.74, 6) is 2.50. The maximum atomic E-state index is 13.0. The number of hydrogen-bond acceptors (Lipinski definition) is 3. The van der Waals surface area contributed by atoms with Crippen molar-refractivity contribution in [1.29, 1.82) is 0 Å². The highest BCUT2D eigenvalue weighted by Gasteiger charge is 2.24. The predicted molar refractivity (Wildman–Crippen MR) is 119 cm³/mol. The van der Waals surface area contributed by atoms with Gasteiger partial charge in [0.05, 0.1) is 23.8 Å². The van der Waals surface area contributed by atoms with Gasteiger partial charge in [0.2, 0.25) is 0 Å². The van der Waals surface area contributed by atoms with E-state index >= 15 is 0 Å². The number of nitrogens with zero attached hydrogens (tertiary/aromatic N) is 3. The van der Waals surface area contributed by atoms with Crippen LogP contribution in [0.15, 0.2) is 24.3 Å². The van der Waals surface area contributed by atoms with Crippen LogP contribution in [0, 0.1) is 19.3 Å². The molecule has 4 rings (SSSR count). The summed E-state index contributed by atoms with van der Waals surface area (Å²) in [6.45, 7) is 4.19. The third-order valence-corrected chi connectivity index (χ3v) is 6.31. The Morgan fingerprint density at radius 3 is 2.70 bits per heavy atom. The van der Waals surface area contributed by atoms with Crippen molar-refractivity contribution in [3.05, 3.63) is 62.4 Å². The van der Waals surface area contributed by atoms with Gasteiger partial charge in [-0.2, -0.15) is 0 Å². The van der Waals surface area contributed by atoms with Crippen molar-refractivity contribution >= 4 is 40.1 Å². The average Bonchev–Trinajstić information content (AvgIpc) is 3.07. The third kappa shape index (κ3) is 3.67. The minimum absolute atomic E-state index is 0.102. The minimum Gasteiger partial charge on any atom is -0.378 e. The number of morpholine rings is 1. The van der Waals surface area contributed by atoms with Crippen molar-refractivity contribution in [3.63, 3.8) is 0 Å². The molecule has 0 bridgehead atoms. The van der Waals surface area contributed by atoms with E-state index in [1.54, 1.807) is 17.0 Å². The van der Waals surface area contributed by atoms with Gasteiger partial charge in [0.1, 0.15) is 11.3 Å². The number of ether oxygens (including phenoxy) is 1. The van der Waals surface area contributed by atoms with Gasteiger partial charge in [0.15, 0.2) is 0 Å². The number of fused-ring (bicyclic) bond motifs is 1. The monoisotopic (exact) mass is 441 g/mol. The molecule has 1 saturated heterocycles. The molecule has 154 valence electrons. The van der Waals surface area contributed by atoms with Crippen molar-refractivity contribution in [2.24, 2.45) is 7.05 Å². The summed E-state index contributed by atoms with van der Waals surface area (Å²) in [7, 11) is 1.94. The number of aryl methyl sites for hydroxylation is 2. The molecule has 5 nitrogen and oxygen atoms in total. The molecule has 7 heteroatoms. The molecule has 1 amide bonds. The van der Waals surface area contributed by atoms with Crippen LogP contribution in [0.3, 0.4) is 0 Å². The first-order valence-corrected chi connectivity index (χ1v) is 10.4. The van der Waals surface area contributed by atoms with Gasteiger partial charge in [-0.15, -0.1) is 6.42 Å². The maximum absolute atomic E-state index is 13.0. The van der Waals surface area contributed by atoms with Gasteiger partial charge in [-0.25, -0.2) is 4.98 Å². The van der Waals surface area contributed by atoms with Crippen LogP contribution in [0.5, 0.6) is 0 Å². The Balaban J connectivity index is 1.73. The van der Waals surface area contributed by atoms with Crippen molar-refractivity contribution in [1.82, 2.24) is 14.5 Å². The topological polar surface area (TPSA) is 47.4 Å². The number of pyridine rings is 1. The number of hydrogen-bond donors (Lipinski definition) is 0. The molecule has 0 unspecified atom stereocenters. The number of halogens is 2. The molecule has 0 N–H and O–H groups in total. The highest BCUT2D eigenvalue weighted by Crippen LogP contribution is 2.33. The van der Waals surface area contributed by atoms with Gasteiger partial charge in [-0.3, -0.25) is 4.79 Å². The molecular formula is C23H21Cl2N3O2. The van der Waals surface area contributed by atoms with Crippen molar-refractivity contribution in [3.8, 4) is 12.3 Å². The Hall–Kier alpha value is -2.52. The predicted octanol–water partition coefficient (Wildman–Crippen LogP) is 4.23. The summed E-state index contributed by atoms with van der Waals surface area (Å²) in [6, 6.07) is 7.40. The molecule has 1 aliphatic rings. The third-order valence-electron chi connectivity index (χ3n) is 5.53. The van der Waals surface area contributed by atoms with E-state index in [4.69, 9.17) is 34.4 Å². The first-order valence-electron chi connectivity index (χ1n) is 9.67. The van der Waals surface area contributed by atoms with E-state index in [-0.39, 0.29) is 5.91 Å². The first kappa shape index (κ1) is 20.7. The van der Waals surface area contributed by atoms with Crippen LogP contribution in [0.2, 0.25) is 10.0 Å². The minimum atomic E-state index is -0.102. The summed E-state index contributed by atoms with van der Waals surface area (Å²) in [4.78, 5) is 19.3. The number of benzene rings is 1. The lowest BCUT2D eigenvalue weighted by Gasteiger charge is -2.27. The number of aromatic nitrogens is 2. The quantitative estimate of drug-likeness (QED) is 0.571. The lowest BCUT2D eigenvalue weighted by atomic mass is 10.0. The molecule has 1 aliphatic heterocycles. The molecule has 0 saturated carbocycles. The second kappa shape index (κ2) is 8.31. The average molecular weight is 442 g/mol. The summed E-state index contributed by atoms with van der Waals surface area (Å²) >= 11 is 13.2. The van der Waals surface area contributed by atoms with Gasteiger partial charge in [-0.05, 0) is 42.3 Å². The number of carbonyl (C=O) groups excluding carboxylic acids is 1. The molecule has 1 aromatic carbocycles. The number of rotatable bonds is 3. The molecule has 0 atom stereocenters. The van der Waals surface area contributed by atoms with Crippen LogP contribution in [0.1, 0.15) is 32.9 Å². The van der Waals surface area contributed by atoms with E-state index in [1.165, 1.54) is 0 Å². The zero-order chi connectivity index (χ0) is 21.4. The van der Waals surface area contributed by atoms with Gasteiger partial charge < -0.3 is 14.2 Å². The first-order chi connectivity index (χ1) is 14.4. The Morgan fingerprint density at radius 2 is 2.00 bits per heavy atom. The Morgan fingerprint density at radius 1 is 1.27 bits per heavy atom. The van der Waals surface area contributed by atoms with Crippen LogP contribution in [-0.2, 0) is 18.2 Å². The number of carbonyl (C=O) groups is 1. The molecule has 3 heterocycles. The van der Waals surface area contributed by atoms with Gasteiger partial charge in [-0.1, -0.05) is 29.1 Å². The molecular weight excluding hydrogens is 421 g/mol. The summed E-state index contributed by atoms with van der Waals surface area (Å²) in [6.07, 6.45) is 6.01. The Kier molecular flexibility index (Phi) is 5.75. The van der Waals surface area contributed by atoms with Gasteiger partial charge in [0, 0.05) is 42.7 Å². The van der Waals surface area contributed by atoms with E-state index in [0.29, 0.717) is 54.0 Å². The fraction of sp³-hybridized carbons (Fsp3) is 0.304. The van der Waals surface area contributed by atoms with E-state index in [1.807, 2.05) is 24.6 Å². The molecule has 30 heavy (non-hydrogen) atoms. The largest absolute Gasteiger partial charge is 0.378 e.